The fourth-order valence-electron chi connectivity index (χ4n) is 9.77. The number of aliphatic carboxylic acids is 1. The van der Waals surface area contributed by atoms with Crippen LogP contribution in [-0.4, -0.2) is 70.0 Å². The van der Waals surface area contributed by atoms with E-state index in [1.807, 2.05) is 0 Å². The highest BCUT2D eigenvalue weighted by molar-refractivity contribution is 7.85. The third kappa shape index (κ3) is 6.51. The average Bonchev–Trinajstić information content (AvgIpc) is 3.20. The lowest BCUT2D eigenvalue weighted by atomic mass is 9.40. The topological polar surface area (TPSA) is 178 Å². The van der Waals surface area contributed by atoms with Gasteiger partial charge in [0.2, 0.25) is 0 Å². The van der Waals surface area contributed by atoms with Gasteiger partial charge in [0, 0.05) is 13.0 Å². The predicted molar refractivity (Wildman–Crippen MR) is 149 cm³/mol. The van der Waals surface area contributed by atoms with E-state index in [0.29, 0.717) is 24.2 Å². The molecule has 9 nitrogen and oxygen atoms in total. The molecule has 0 spiro atoms. The van der Waals surface area contributed by atoms with Crippen molar-refractivity contribution in [2.45, 2.75) is 110 Å². The first-order chi connectivity index (χ1) is 18.1. The molecule has 12 atom stereocenters. The van der Waals surface area contributed by atoms with Crippen LogP contribution in [0, 0.1) is 52.3 Å². The molecule has 4 fully saturated rings. The van der Waals surface area contributed by atoms with Crippen LogP contribution in [0.5, 0.6) is 0 Å². The van der Waals surface area contributed by atoms with Crippen LogP contribution in [0.15, 0.2) is 0 Å². The molecule has 4 aliphatic rings. The van der Waals surface area contributed by atoms with Gasteiger partial charge in [0.1, 0.15) is 0 Å². The fraction of sp³-hybridized carbons (Fsp3) is 0.966. The van der Waals surface area contributed by atoms with E-state index < -0.39 is 22.2 Å². The summed E-state index contributed by atoms with van der Waals surface area (Å²) in [6.45, 7) is 8.97. The monoisotopic (exact) mass is 575 g/mol. The van der Waals surface area contributed by atoms with E-state index in [2.05, 4.69) is 27.7 Å². The zero-order valence-corrected chi connectivity index (χ0v) is 25.0. The van der Waals surface area contributed by atoms with Crippen molar-refractivity contribution >= 4 is 16.1 Å². The molecular weight excluding hydrogens is 522 g/mol. The lowest BCUT2D eigenvalue weighted by molar-refractivity contribution is -0.229. The van der Waals surface area contributed by atoms with Crippen molar-refractivity contribution in [3.05, 3.63) is 0 Å². The van der Waals surface area contributed by atoms with Gasteiger partial charge in [-0.15, -0.1) is 0 Å². The fourth-order valence-corrected chi connectivity index (χ4v) is 10.1. The molecule has 0 unspecified atom stereocenters. The summed E-state index contributed by atoms with van der Waals surface area (Å²) >= 11 is 0. The maximum Gasteiger partial charge on any atom is 0.303 e. The molecule has 0 aromatic heterocycles. The summed E-state index contributed by atoms with van der Waals surface area (Å²) < 4.78 is 27.3. The number of hydrogen-bond acceptors (Lipinski definition) is 7. The Kier molecular flexibility index (Phi) is 10.6. The number of aliphatic hydroxyl groups is 3. The first-order valence-corrected chi connectivity index (χ1v) is 16.6. The molecule has 228 valence electrons. The van der Waals surface area contributed by atoms with Crippen LogP contribution in [0.3, 0.4) is 0 Å². The molecule has 39 heavy (non-hydrogen) atoms. The molecule has 0 aromatic carbocycles. The van der Waals surface area contributed by atoms with Gasteiger partial charge in [0.25, 0.3) is 10.1 Å². The molecule has 4 aliphatic carbocycles. The third-order valence-electron chi connectivity index (χ3n) is 11.6. The normalized spacial score (nSPS) is 44.3. The van der Waals surface area contributed by atoms with Gasteiger partial charge in [-0.3, -0.25) is 9.35 Å². The van der Waals surface area contributed by atoms with E-state index in [4.69, 9.17) is 10.3 Å². The molecule has 0 aliphatic heterocycles. The van der Waals surface area contributed by atoms with Crippen LogP contribution >= 0.6 is 0 Å². The SMILES string of the molecule is CCC[C@H]1[C@@H](O)[C@@H]2[C@H](C[C@H](O)[C@@]3(C)[C@H]2CC[C@H]3[C@H](C)CCC(=O)O)[C@@]2(C)CC[C@@H](O)C[C@@H]12.NCCS(=O)(=O)O. The molecule has 0 amide bonds. The first kappa shape index (κ1) is 32.7. The third-order valence-corrected chi connectivity index (χ3v) is 12.3. The Hall–Kier alpha value is -0.780. The van der Waals surface area contributed by atoms with E-state index in [9.17, 15) is 33.6 Å². The van der Waals surface area contributed by atoms with Crippen LogP contribution < -0.4 is 5.73 Å². The number of aliphatic hydroxyl groups excluding tert-OH is 3. The second kappa shape index (κ2) is 12.6. The van der Waals surface area contributed by atoms with E-state index in [1.54, 1.807) is 0 Å². The van der Waals surface area contributed by atoms with Crippen LogP contribution in [0.4, 0.5) is 0 Å². The number of hydrogen-bond donors (Lipinski definition) is 6. The minimum atomic E-state index is -3.80. The Morgan fingerprint density at radius 3 is 2.26 bits per heavy atom. The molecule has 0 radical (unpaired) electrons. The summed E-state index contributed by atoms with van der Waals surface area (Å²) in [7, 11) is -3.80. The number of fused-ring (bicyclic) bond motifs is 5. The van der Waals surface area contributed by atoms with Crippen molar-refractivity contribution in [2.24, 2.45) is 58.0 Å². The smallest absolute Gasteiger partial charge is 0.303 e. The van der Waals surface area contributed by atoms with Crippen molar-refractivity contribution in [2.75, 3.05) is 12.3 Å². The summed E-state index contributed by atoms with van der Waals surface area (Å²) in [4.78, 5) is 11.2. The molecule has 4 rings (SSSR count). The summed E-state index contributed by atoms with van der Waals surface area (Å²) in [6.07, 6.45) is 7.23. The molecule has 0 aromatic rings. The minimum Gasteiger partial charge on any atom is -0.481 e. The number of nitrogens with two attached hydrogens (primary N) is 1. The van der Waals surface area contributed by atoms with Crippen LogP contribution in [0.2, 0.25) is 0 Å². The van der Waals surface area contributed by atoms with Crippen molar-refractivity contribution in [1.82, 2.24) is 0 Å². The van der Waals surface area contributed by atoms with E-state index in [0.717, 1.165) is 51.4 Å². The Bertz CT molecular complexity index is 946. The van der Waals surface area contributed by atoms with Gasteiger partial charge in [-0.25, -0.2) is 0 Å². The largest absolute Gasteiger partial charge is 0.481 e. The van der Waals surface area contributed by atoms with E-state index in [-0.39, 0.29) is 65.4 Å². The number of carbonyl (C=O) groups is 1. The first-order valence-electron chi connectivity index (χ1n) is 15.0. The quantitative estimate of drug-likeness (QED) is 0.237. The van der Waals surface area contributed by atoms with Crippen molar-refractivity contribution in [3.8, 4) is 0 Å². The van der Waals surface area contributed by atoms with Crippen LogP contribution in [-0.2, 0) is 14.9 Å². The molecule has 0 bridgehead atoms. The standard InChI is InChI=1S/C27H46O5.C2H7NO3S/c1-5-6-17-20-13-16(28)11-12-26(20,3)21-14-22(29)27(4)18(15(2)7-10-23(30)31)8-9-19(27)24(21)25(17)32;3-1-2-7(4,5)6/h15-22,24-25,28-29,32H,5-14H2,1-4H3,(H,30,31);1-3H2,(H,4,5,6)/t15-,16-,17-,18+,19+,20+,21+,22+,24+,25-,26+,27-;/m1./s1. The van der Waals surface area contributed by atoms with Crippen molar-refractivity contribution < 1.29 is 38.2 Å². The maximum atomic E-state index is 11.8. The zero-order valence-electron chi connectivity index (χ0n) is 24.2. The number of carboxylic acids is 1. The molecular formula is C29H53NO8S. The highest BCUT2D eigenvalue weighted by Gasteiger charge is 2.67. The lowest BCUT2D eigenvalue weighted by Gasteiger charge is -2.65. The van der Waals surface area contributed by atoms with E-state index in [1.165, 1.54) is 0 Å². The Morgan fingerprint density at radius 1 is 1.05 bits per heavy atom. The van der Waals surface area contributed by atoms with Crippen molar-refractivity contribution in [3.63, 3.8) is 0 Å². The van der Waals surface area contributed by atoms with Gasteiger partial charge in [-0.05, 0) is 104 Å². The minimum absolute atomic E-state index is 0.0289. The lowest BCUT2D eigenvalue weighted by Crippen LogP contribution is -2.65. The number of rotatable bonds is 8. The zero-order chi connectivity index (χ0) is 29.3. The second-order valence-electron chi connectivity index (χ2n) is 13.6. The molecule has 7 N–H and O–H groups in total. The highest BCUT2D eigenvalue weighted by atomic mass is 32.2. The van der Waals surface area contributed by atoms with Crippen molar-refractivity contribution in [1.29, 1.82) is 0 Å². The van der Waals surface area contributed by atoms with Crippen LogP contribution in [0.25, 0.3) is 0 Å². The second-order valence-corrected chi connectivity index (χ2v) is 15.1. The predicted octanol–water partition coefficient (Wildman–Crippen LogP) is 3.31. The Morgan fingerprint density at radius 2 is 1.72 bits per heavy atom. The van der Waals surface area contributed by atoms with Gasteiger partial charge >= 0.3 is 5.97 Å². The molecule has 10 heteroatoms. The van der Waals surface area contributed by atoms with Gasteiger partial charge < -0.3 is 26.2 Å². The van der Waals surface area contributed by atoms with Gasteiger partial charge in [0.05, 0.1) is 24.1 Å². The van der Waals surface area contributed by atoms with Gasteiger partial charge in [-0.2, -0.15) is 8.42 Å². The highest BCUT2D eigenvalue weighted by Crippen LogP contribution is 2.69. The van der Waals surface area contributed by atoms with Crippen LogP contribution in [0.1, 0.15) is 91.9 Å². The number of carboxylic acid groups (broad SMARTS) is 1. The summed E-state index contributed by atoms with van der Waals surface area (Å²) in [6, 6.07) is 0. The van der Waals surface area contributed by atoms with Gasteiger partial charge in [-0.1, -0.05) is 34.1 Å². The summed E-state index contributed by atoms with van der Waals surface area (Å²) in [5.41, 5.74) is 4.59. The Labute approximate surface area is 234 Å². The molecule has 0 saturated heterocycles. The van der Waals surface area contributed by atoms with E-state index >= 15 is 0 Å². The summed E-state index contributed by atoms with van der Waals surface area (Å²) in [5, 5.41) is 43.1. The molecule has 4 saturated carbocycles. The maximum absolute atomic E-state index is 11.8. The Balaban J connectivity index is 0.000000532. The summed E-state index contributed by atoms with van der Waals surface area (Å²) in [5.74, 6) is 0.794. The van der Waals surface area contributed by atoms with Gasteiger partial charge in [0.15, 0.2) is 0 Å². The molecule has 0 heterocycles. The average molecular weight is 576 g/mol.